The van der Waals surface area contributed by atoms with Crippen LogP contribution in [0.4, 0.5) is 0 Å². The van der Waals surface area contributed by atoms with Gasteiger partial charge in [-0.2, -0.15) is 0 Å². The lowest BCUT2D eigenvalue weighted by molar-refractivity contribution is 0.0426. The first-order chi connectivity index (χ1) is 19.0. The van der Waals surface area contributed by atoms with E-state index in [-0.39, 0.29) is 5.56 Å². The van der Waals surface area contributed by atoms with Crippen molar-refractivity contribution in [1.82, 2.24) is 9.97 Å². The molecule has 0 aliphatic heterocycles. The predicted molar refractivity (Wildman–Crippen MR) is 150 cm³/mol. The van der Waals surface area contributed by atoms with Crippen molar-refractivity contribution in [2.45, 2.75) is 32.3 Å². The first-order valence-corrected chi connectivity index (χ1v) is 13.0. The number of ether oxygens (including phenoxy) is 1. The Morgan fingerprint density at radius 2 is 1.62 bits per heavy atom. The number of aromatic nitrogens is 2. The van der Waals surface area contributed by atoms with E-state index in [1.165, 1.54) is 0 Å². The van der Waals surface area contributed by atoms with E-state index in [9.17, 15) is 14.7 Å². The molecule has 39 heavy (non-hydrogen) atoms. The first-order valence-electron chi connectivity index (χ1n) is 13.0. The van der Waals surface area contributed by atoms with Gasteiger partial charge in [0.05, 0.1) is 33.2 Å². The monoisotopic (exact) mass is 514 g/mol. The number of carboxylic acid groups (broad SMARTS) is 1. The zero-order valence-corrected chi connectivity index (χ0v) is 21.4. The highest BCUT2D eigenvalue weighted by Gasteiger charge is 2.21. The second kappa shape index (κ2) is 10.1. The average molecular weight is 515 g/mol. The van der Waals surface area contributed by atoms with Crippen molar-refractivity contribution < 1.29 is 19.4 Å². The van der Waals surface area contributed by atoms with Crippen molar-refractivity contribution in [2.75, 3.05) is 0 Å². The number of fused-ring (bicyclic) bond motifs is 2. The van der Waals surface area contributed by atoms with E-state index in [1.54, 1.807) is 31.2 Å². The van der Waals surface area contributed by atoms with Crippen LogP contribution in [0.3, 0.4) is 0 Å². The fourth-order valence-electron chi connectivity index (χ4n) is 5.18. The van der Waals surface area contributed by atoms with Gasteiger partial charge in [0.15, 0.2) is 0 Å². The Kier molecular flexibility index (Phi) is 6.37. The summed E-state index contributed by atoms with van der Waals surface area (Å²) in [6, 6.07) is 20.8. The molecule has 6 nitrogen and oxygen atoms in total. The number of hydrogen-bond donors (Lipinski definition) is 1. The highest BCUT2D eigenvalue weighted by Crippen LogP contribution is 2.22. The van der Waals surface area contributed by atoms with E-state index in [4.69, 9.17) is 14.7 Å². The van der Waals surface area contributed by atoms with E-state index in [0.717, 1.165) is 40.2 Å². The van der Waals surface area contributed by atoms with Crippen molar-refractivity contribution in [3.8, 4) is 22.5 Å². The maximum Gasteiger partial charge on any atom is 0.338 e. The summed E-state index contributed by atoms with van der Waals surface area (Å²) in [6.45, 7) is 1.78. The van der Waals surface area contributed by atoms with Crippen LogP contribution in [0.1, 0.15) is 45.5 Å². The molecular weight excluding hydrogens is 488 g/mol. The smallest absolute Gasteiger partial charge is 0.338 e. The van der Waals surface area contributed by atoms with Crippen LogP contribution in [-0.2, 0) is 4.74 Å². The third kappa shape index (κ3) is 4.77. The maximum absolute atomic E-state index is 13.0. The van der Waals surface area contributed by atoms with E-state index < -0.39 is 18.0 Å². The molecule has 1 unspecified atom stereocenters. The molecule has 1 atom stereocenters. The molecule has 4 aromatic rings. The van der Waals surface area contributed by atoms with Crippen LogP contribution in [0, 0.1) is 6.92 Å². The number of pyridine rings is 2. The zero-order valence-electron chi connectivity index (χ0n) is 21.4. The predicted octanol–water partition coefficient (Wildman–Crippen LogP) is 3.36. The SMILES string of the molecule is Cc1c(-c2ccccc2)nc2c(c1C(=O)O)=CCC(OC(=O)c1ccc(-c3ccc4c(n3)=CCCC=4)cc1)C=2. The van der Waals surface area contributed by atoms with E-state index >= 15 is 0 Å². The van der Waals surface area contributed by atoms with E-state index in [0.29, 0.717) is 33.8 Å². The van der Waals surface area contributed by atoms with Crippen molar-refractivity contribution in [3.05, 3.63) is 105 Å². The summed E-state index contributed by atoms with van der Waals surface area (Å²) < 4.78 is 5.79. The van der Waals surface area contributed by atoms with Crippen molar-refractivity contribution in [3.63, 3.8) is 0 Å². The molecule has 0 spiro atoms. The van der Waals surface area contributed by atoms with E-state index in [1.807, 2.05) is 48.5 Å². The van der Waals surface area contributed by atoms with Crippen molar-refractivity contribution in [1.29, 1.82) is 0 Å². The van der Waals surface area contributed by atoms with Gasteiger partial charge in [0.1, 0.15) is 6.10 Å². The summed E-state index contributed by atoms with van der Waals surface area (Å²) in [5, 5.41) is 13.2. The third-order valence-electron chi connectivity index (χ3n) is 7.17. The minimum absolute atomic E-state index is 0.224. The molecule has 2 heterocycles. The van der Waals surface area contributed by atoms with Gasteiger partial charge in [0, 0.05) is 22.8 Å². The number of esters is 1. The second-order valence-electron chi connectivity index (χ2n) is 9.71. The summed E-state index contributed by atoms with van der Waals surface area (Å²) >= 11 is 0. The molecule has 0 saturated heterocycles. The van der Waals surface area contributed by atoms with E-state index in [2.05, 4.69) is 18.2 Å². The molecule has 6 rings (SSSR count). The minimum atomic E-state index is -1.01. The molecule has 0 amide bonds. The summed E-state index contributed by atoms with van der Waals surface area (Å²) in [5.41, 5.74) is 4.48. The van der Waals surface area contributed by atoms with Crippen molar-refractivity contribution >= 4 is 36.2 Å². The molecule has 0 radical (unpaired) electrons. The molecule has 6 heteroatoms. The van der Waals surface area contributed by atoms with Gasteiger partial charge in [-0.3, -0.25) is 0 Å². The van der Waals surface area contributed by atoms with Gasteiger partial charge in [-0.05, 0) is 54.8 Å². The lowest BCUT2D eigenvalue weighted by Gasteiger charge is -2.18. The van der Waals surface area contributed by atoms with Crippen LogP contribution < -0.4 is 21.1 Å². The molecule has 192 valence electrons. The molecule has 2 aliphatic rings. The van der Waals surface area contributed by atoms with Crippen LogP contribution >= 0.6 is 0 Å². The Hall–Kier alpha value is -4.84. The minimum Gasteiger partial charge on any atom is -0.478 e. The van der Waals surface area contributed by atoms with Gasteiger partial charge in [-0.1, -0.05) is 66.8 Å². The highest BCUT2D eigenvalue weighted by molar-refractivity contribution is 5.92. The van der Waals surface area contributed by atoms with Gasteiger partial charge in [-0.25, -0.2) is 19.6 Å². The average Bonchev–Trinajstić information content (AvgIpc) is 2.97. The van der Waals surface area contributed by atoms with Crippen LogP contribution in [0.2, 0.25) is 0 Å². The van der Waals surface area contributed by atoms with Crippen LogP contribution in [0.25, 0.3) is 46.8 Å². The molecule has 0 bridgehead atoms. The Balaban J connectivity index is 1.27. The standard InChI is InChI=1S/C33H26N2O4/c1-20-30(32(36)37)26-17-16-25(19-29(26)35-31(20)23-8-3-2-4-9-23)39-33(38)24-13-11-22(12-14-24)28-18-15-21-7-5-6-10-27(21)34-28/h2-4,7-15,17-19,25H,5-6,16H2,1H3,(H,36,37). The Morgan fingerprint density at radius 3 is 2.38 bits per heavy atom. The quantitative estimate of drug-likeness (QED) is 0.411. The van der Waals surface area contributed by atoms with Crippen LogP contribution in [0.5, 0.6) is 0 Å². The van der Waals surface area contributed by atoms with Crippen LogP contribution in [0.15, 0.2) is 66.7 Å². The summed E-state index contributed by atoms with van der Waals surface area (Å²) in [7, 11) is 0. The fourth-order valence-corrected chi connectivity index (χ4v) is 5.18. The zero-order chi connectivity index (χ0) is 26.9. The number of nitrogens with zero attached hydrogens (tertiary/aromatic N) is 2. The van der Waals surface area contributed by atoms with Gasteiger partial charge in [0.2, 0.25) is 0 Å². The molecule has 0 saturated carbocycles. The first kappa shape index (κ1) is 24.5. The Bertz CT molecular complexity index is 1860. The molecular formula is C33H26N2O4. The topological polar surface area (TPSA) is 89.4 Å². The fraction of sp³-hybridized carbons (Fsp3) is 0.152. The molecule has 1 N–H and O–H groups in total. The summed E-state index contributed by atoms with van der Waals surface area (Å²) in [5.74, 6) is -1.46. The number of hydrogen-bond acceptors (Lipinski definition) is 5. The molecule has 2 aromatic heterocycles. The number of carbonyl (C=O) groups is 2. The third-order valence-corrected chi connectivity index (χ3v) is 7.17. The number of rotatable bonds is 5. The molecule has 2 aromatic carbocycles. The molecule has 0 fully saturated rings. The lowest BCUT2D eigenvalue weighted by atomic mass is 9.97. The Morgan fingerprint density at radius 1 is 0.846 bits per heavy atom. The lowest BCUT2D eigenvalue weighted by Crippen LogP contribution is -2.40. The van der Waals surface area contributed by atoms with Gasteiger partial charge in [-0.15, -0.1) is 0 Å². The number of carbonyl (C=O) groups excluding carboxylic acids is 1. The highest BCUT2D eigenvalue weighted by atomic mass is 16.5. The second-order valence-corrected chi connectivity index (χ2v) is 9.71. The Labute approximate surface area is 225 Å². The number of benzene rings is 2. The summed E-state index contributed by atoms with van der Waals surface area (Å²) in [4.78, 5) is 34.7. The van der Waals surface area contributed by atoms with Gasteiger partial charge in [0.25, 0.3) is 0 Å². The number of carboxylic acids is 1. The largest absolute Gasteiger partial charge is 0.478 e. The number of aromatic carboxylic acids is 1. The summed E-state index contributed by atoms with van der Waals surface area (Å²) in [6.07, 6.45) is 9.74. The van der Waals surface area contributed by atoms with Gasteiger partial charge >= 0.3 is 11.9 Å². The maximum atomic E-state index is 13.0. The van der Waals surface area contributed by atoms with Crippen LogP contribution in [-0.4, -0.2) is 33.1 Å². The molecule has 2 aliphatic carbocycles. The van der Waals surface area contributed by atoms with Gasteiger partial charge < -0.3 is 9.84 Å². The normalized spacial score (nSPS) is 15.4. The van der Waals surface area contributed by atoms with Crippen molar-refractivity contribution in [2.24, 2.45) is 0 Å².